The quantitative estimate of drug-likeness (QED) is 0.870. The second kappa shape index (κ2) is 4.41. The highest BCUT2D eigenvalue weighted by atomic mass is 35.5. The first kappa shape index (κ1) is 10.8. The largest absolute Gasteiger partial charge is 0.506 e. The van der Waals surface area contributed by atoms with E-state index in [4.69, 9.17) is 16.3 Å². The van der Waals surface area contributed by atoms with Crippen LogP contribution in [0, 0.1) is 0 Å². The van der Waals surface area contributed by atoms with Gasteiger partial charge in [0.05, 0.1) is 7.11 Å². The average molecular weight is 236 g/mol. The number of nitrogens with zero attached hydrogens (tertiary/aromatic N) is 1. The lowest BCUT2D eigenvalue weighted by molar-refractivity contribution is 0.415. The Morgan fingerprint density at radius 1 is 1.31 bits per heavy atom. The lowest BCUT2D eigenvalue weighted by Crippen LogP contribution is -1.90. The maximum atomic E-state index is 9.71. The van der Waals surface area contributed by atoms with Crippen molar-refractivity contribution in [1.82, 2.24) is 4.98 Å². The Balaban J connectivity index is 2.63. The minimum atomic E-state index is 0.100. The molecule has 0 saturated carbocycles. The molecule has 0 unspecified atom stereocenters. The molecule has 82 valence electrons. The van der Waals surface area contributed by atoms with Crippen LogP contribution in [0.3, 0.4) is 0 Å². The molecule has 4 heteroatoms. The molecule has 0 fully saturated rings. The summed E-state index contributed by atoms with van der Waals surface area (Å²) in [4.78, 5) is 4.11. The summed E-state index contributed by atoms with van der Waals surface area (Å²) in [7, 11) is 1.56. The number of pyridine rings is 1. The maximum Gasteiger partial charge on any atom is 0.141 e. The number of methoxy groups -OCH3 is 1. The number of hydrogen-bond donors (Lipinski definition) is 1. The Kier molecular flexibility index (Phi) is 2.97. The number of rotatable bonds is 2. The second-order valence-electron chi connectivity index (χ2n) is 3.22. The van der Waals surface area contributed by atoms with Crippen molar-refractivity contribution in [3.8, 4) is 22.8 Å². The number of ether oxygens (including phenoxy) is 1. The molecule has 3 nitrogen and oxygen atoms in total. The summed E-state index contributed by atoms with van der Waals surface area (Å²) in [5.74, 6) is 0.724. The zero-order valence-electron chi connectivity index (χ0n) is 8.64. The Labute approximate surface area is 98.3 Å². The number of aromatic hydroxyl groups is 1. The monoisotopic (exact) mass is 235 g/mol. The highest BCUT2D eigenvalue weighted by Gasteiger charge is 2.11. The predicted octanol–water partition coefficient (Wildman–Crippen LogP) is 3.12. The number of halogens is 1. The van der Waals surface area contributed by atoms with Crippen molar-refractivity contribution >= 4 is 11.6 Å². The fourth-order valence-corrected chi connectivity index (χ4v) is 1.64. The smallest absolute Gasteiger partial charge is 0.141 e. The molecule has 2 aromatic rings. The SMILES string of the molecule is COc1ccc(Cl)cc1-c1ncccc1O. The third kappa shape index (κ3) is 1.95. The Morgan fingerprint density at radius 3 is 2.81 bits per heavy atom. The van der Waals surface area contributed by atoms with Crippen LogP contribution in [0.15, 0.2) is 36.5 Å². The zero-order chi connectivity index (χ0) is 11.5. The maximum absolute atomic E-state index is 9.71. The molecule has 2 rings (SSSR count). The minimum absolute atomic E-state index is 0.100. The van der Waals surface area contributed by atoms with Crippen molar-refractivity contribution < 1.29 is 9.84 Å². The first-order chi connectivity index (χ1) is 7.72. The van der Waals surface area contributed by atoms with Crippen molar-refractivity contribution in [2.45, 2.75) is 0 Å². The lowest BCUT2D eigenvalue weighted by Gasteiger charge is -2.09. The molecule has 0 aliphatic heterocycles. The first-order valence-corrected chi connectivity index (χ1v) is 5.08. The Morgan fingerprint density at radius 2 is 2.12 bits per heavy atom. The van der Waals surface area contributed by atoms with Gasteiger partial charge in [0, 0.05) is 16.8 Å². The number of benzene rings is 1. The molecule has 0 aliphatic rings. The number of hydrogen-bond acceptors (Lipinski definition) is 3. The average Bonchev–Trinajstić information content (AvgIpc) is 2.29. The van der Waals surface area contributed by atoms with Gasteiger partial charge in [-0.1, -0.05) is 11.6 Å². The van der Waals surface area contributed by atoms with Crippen LogP contribution < -0.4 is 4.74 Å². The van der Waals surface area contributed by atoms with Gasteiger partial charge in [-0.3, -0.25) is 4.98 Å². The molecule has 0 amide bonds. The van der Waals surface area contributed by atoms with Crippen molar-refractivity contribution in [3.05, 3.63) is 41.6 Å². The van der Waals surface area contributed by atoms with E-state index < -0.39 is 0 Å². The minimum Gasteiger partial charge on any atom is -0.506 e. The van der Waals surface area contributed by atoms with Crippen molar-refractivity contribution in [1.29, 1.82) is 0 Å². The third-order valence-electron chi connectivity index (χ3n) is 2.20. The van der Waals surface area contributed by atoms with Crippen LogP contribution in [0.1, 0.15) is 0 Å². The summed E-state index contributed by atoms with van der Waals surface area (Å²) in [5, 5.41) is 10.3. The first-order valence-electron chi connectivity index (χ1n) is 4.70. The molecule has 0 aliphatic carbocycles. The van der Waals surface area contributed by atoms with E-state index in [1.54, 1.807) is 43.6 Å². The summed E-state index contributed by atoms with van der Waals surface area (Å²) < 4.78 is 5.20. The summed E-state index contributed by atoms with van der Waals surface area (Å²) >= 11 is 5.91. The van der Waals surface area contributed by atoms with Gasteiger partial charge in [0.1, 0.15) is 17.2 Å². The second-order valence-corrected chi connectivity index (χ2v) is 3.65. The van der Waals surface area contributed by atoms with E-state index in [0.29, 0.717) is 22.0 Å². The standard InChI is InChI=1S/C12H10ClNO2/c1-16-11-5-4-8(13)7-9(11)12-10(15)3-2-6-14-12/h2-7,15H,1H3. The molecule has 0 saturated heterocycles. The van der Waals surface area contributed by atoms with E-state index >= 15 is 0 Å². The van der Waals surface area contributed by atoms with Crippen molar-refractivity contribution in [3.63, 3.8) is 0 Å². The summed E-state index contributed by atoms with van der Waals surface area (Å²) in [6.07, 6.45) is 1.61. The van der Waals surface area contributed by atoms with Gasteiger partial charge >= 0.3 is 0 Å². The Bertz CT molecular complexity index is 514. The molecule has 0 bridgehead atoms. The molecule has 1 aromatic heterocycles. The summed E-state index contributed by atoms with van der Waals surface area (Å²) in [6.45, 7) is 0. The molecular weight excluding hydrogens is 226 g/mol. The van der Waals surface area contributed by atoms with E-state index in [9.17, 15) is 5.11 Å². The molecule has 1 N–H and O–H groups in total. The molecular formula is C12H10ClNO2. The van der Waals surface area contributed by atoms with Gasteiger partial charge in [-0.25, -0.2) is 0 Å². The van der Waals surface area contributed by atoms with E-state index in [2.05, 4.69) is 4.98 Å². The van der Waals surface area contributed by atoms with Crippen LogP contribution >= 0.6 is 11.6 Å². The van der Waals surface area contributed by atoms with Crippen LogP contribution in [0.4, 0.5) is 0 Å². The molecule has 1 aromatic carbocycles. The highest BCUT2D eigenvalue weighted by Crippen LogP contribution is 2.35. The number of aromatic nitrogens is 1. The third-order valence-corrected chi connectivity index (χ3v) is 2.44. The predicted molar refractivity (Wildman–Crippen MR) is 62.9 cm³/mol. The van der Waals surface area contributed by atoms with Crippen molar-refractivity contribution in [2.24, 2.45) is 0 Å². The molecule has 16 heavy (non-hydrogen) atoms. The summed E-state index contributed by atoms with van der Waals surface area (Å²) in [5.41, 5.74) is 1.13. The van der Waals surface area contributed by atoms with Crippen LogP contribution in [-0.2, 0) is 0 Å². The van der Waals surface area contributed by atoms with Gasteiger partial charge in [0.25, 0.3) is 0 Å². The van der Waals surface area contributed by atoms with E-state index in [0.717, 1.165) is 0 Å². The highest BCUT2D eigenvalue weighted by molar-refractivity contribution is 6.31. The fourth-order valence-electron chi connectivity index (χ4n) is 1.47. The normalized spacial score (nSPS) is 10.1. The van der Waals surface area contributed by atoms with Gasteiger partial charge in [-0.15, -0.1) is 0 Å². The molecule has 0 radical (unpaired) electrons. The zero-order valence-corrected chi connectivity index (χ0v) is 9.40. The van der Waals surface area contributed by atoms with Crippen LogP contribution in [0.2, 0.25) is 5.02 Å². The van der Waals surface area contributed by atoms with E-state index in [1.807, 2.05) is 0 Å². The molecule has 0 spiro atoms. The molecule has 0 atom stereocenters. The summed E-state index contributed by atoms with van der Waals surface area (Å²) in [6, 6.07) is 8.41. The van der Waals surface area contributed by atoms with E-state index in [-0.39, 0.29) is 5.75 Å². The Hall–Kier alpha value is -1.74. The van der Waals surface area contributed by atoms with Gasteiger partial charge < -0.3 is 9.84 Å². The van der Waals surface area contributed by atoms with Crippen LogP contribution in [-0.4, -0.2) is 17.2 Å². The van der Waals surface area contributed by atoms with Gasteiger partial charge in [-0.2, -0.15) is 0 Å². The van der Waals surface area contributed by atoms with Crippen LogP contribution in [0.25, 0.3) is 11.3 Å². The van der Waals surface area contributed by atoms with Gasteiger partial charge in [0.15, 0.2) is 0 Å². The van der Waals surface area contributed by atoms with Gasteiger partial charge in [-0.05, 0) is 30.3 Å². The van der Waals surface area contributed by atoms with E-state index in [1.165, 1.54) is 0 Å². The van der Waals surface area contributed by atoms with Gasteiger partial charge in [0.2, 0.25) is 0 Å². The molecule has 1 heterocycles. The topological polar surface area (TPSA) is 42.4 Å². The lowest BCUT2D eigenvalue weighted by atomic mass is 10.1. The fraction of sp³-hybridized carbons (Fsp3) is 0.0833. The van der Waals surface area contributed by atoms with Crippen molar-refractivity contribution in [2.75, 3.05) is 7.11 Å². The van der Waals surface area contributed by atoms with Crippen LogP contribution in [0.5, 0.6) is 11.5 Å².